The van der Waals surface area contributed by atoms with Crippen LogP contribution >= 0.6 is 0 Å². The van der Waals surface area contributed by atoms with Crippen LogP contribution in [0.2, 0.25) is 0 Å². The standard InChI is InChI=1S/C22H24N2O3/c1-14-10-15(2)18-12-16(21(25)23-19(18)11-14)13-24(17-6-3-4-7-17)22(26)20-8-5-9-27-20/h5,8-12,17H,3-4,6-7,13H2,1-2H3,(H,23,25). The Balaban J connectivity index is 1.73. The Morgan fingerprint density at radius 3 is 2.70 bits per heavy atom. The molecule has 1 amide bonds. The van der Waals surface area contributed by atoms with Gasteiger partial charge < -0.3 is 14.3 Å². The number of pyridine rings is 1. The summed E-state index contributed by atoms with van der Waals surface area (Å²) in [4.78, 5) is 30.5. The number of benzene rings is 1. The Labute approximate surface area is 158 Å². The Morgan fingerprint density at radius 1 is 1.22 bits per heavy atom. The monoisotopic (exact) mass is 364 g/mol. The van der Waals surface area contributed by atoms with E-state index in [0.717, 1.165) is 47.7 Å². The Hall–Kier alpha value is -2.82. The van der Waals surface area contributed by atoms with Gasteiger partial charge in [0.1, 0.15) is 0 Å². The molecule has 0 unspecified atom stereocenters. The topological polar surface area (TPSA) is 66.3 Å². The minimum Gasteiger partial charge on any atom is -0.459 e. The van der Waals surface area contributed by atoms with E-state index in [1.54, 1.807) is 12.1 Å². The van der Waals surface area contributed by atoms with Crippen LogP contribution in [-0.4, -0.2) is 21.8 Å². The summed E-state index contributed by atoms with van der Waals surface area (Å²) >= 11 is 0. The summed E-state index contributed by atoms with van der Waals surface area (Å²) < 4.78 is 5.33. The molecular weight excluding hydrogens is 340 g/mol. The Bertz CT molecular complexity index is 1030. The van der Waals surface area contributed by atoms with Gasteiger partial charge in [0.25, 0.3) is 11.5 Å². The number of nitrogens with one attached hydrogen (secondary N) is 1. The van der Waals surface area contributed by atoms with Gasteiger partial charge in [-0.15, -0.1) is 0 Å². The smallest absolute Gasteiger partial charge is 0.290 e. The summed E-state index contributed by atoms with van der Waals surface area (Å²) in [5.41, 5.74) is 3.55. The van der Waals surface area contributed by atoms with Gasteiger partial charge >= 0.3 is 0 Å². The molecule has 140 valence electrons. The van der Waals surface area contributed by atoms with E-state index in [-0.39, 0.29) is 17.5 Å². The van der Waals surface area contributed by atoms with Gasteiger partial charge in [0.2, 0.25) is 0 Å². The fourth-order valence-electron chi connectivity index (χ4n) is 4.14. The lowest BCUT2D eigenvalue weighted by molar-refractivity contribution is 0.0631. The molecule has 27 heavy (non-hydrogen) atoms. The third-order valence-electron chi connectivity index (χ3n) is 5.49. The lowest BCUT2D eigenvalue weighted by Crippen LogP contribution is -2.39. The molecular formula is C22H24N2O3. The first-order valence-corrected chi connectivity index (χ1v) is 9.50. The number of aromatic nitrogens is 1. The van der Waals surface area contributed by atoms with E-state index in [0.29, 0.717) is 17.9 Å². The molecule has 5 heteroatoms. The maximum Gasteiger partial charge on any atom is 0.290 e. The van der Waals surface area contributed by atoms with Gasteiger partial charge in [-0.25, -0.2) is 0 Å². The molecule has 4 rings (SSSR count). The predicted molar refractivity (Wildman–Crippen MR) is 105 cm³/mol. The average molecular weight is 364 g/mol. The number of nitrogens with zero attached hydrogens (tertiary/aromatic N) is 1. The normalized spacial score (nSPS) is 14.7. The first-order chi connectivity index (χ1) is 13.0. The van der Waals surface area contributed by atoms with Gasteiger partial charge in [-0.2, -0.15) is 0 Å². The number of hydrogen-bond acceptors (Lipinski definition) is 3. The number of H-pyrrole nitrogens is 1. The lowest BCUT2D eigenvalue weighted by atomic mass is 10.0. The first kappa shape index (κ1) is 17.6. The molecule has 0 aliphatic heterocycles. The molecule has 1 aliphatic carbocycles. The molecule has 1 saturated carbocycles. The minimum absolute atomic E-state index is 0.136. The van der Waals surface area contributed by atoms with Crippen LogP contribution in [0.25, 0.3) is 10.9 Å². The third-order valence-corrected chi connectivity index (χ3v) is 5.49. The maximum atomic E-state index is 13.0. The summed E-state index contributed by atoms with van der Waals surface area (Å²) in [5, 5.41) is 1.02. The molecule has 5 nitrogen and oxygen atoms in total. The van der Waals surface area contributed by atoms with Crippen LogP contribution in [0.1, 0.15) is 52.9 Å². The lowest BCUT2D eigenvalue weighted by Gasteiger charge is -2.28. The van der Waals surface area contributed by atoms with Crippen molar-refractivity contribution in [1.29, 1.82) is 0 Å². The highest BCUT2D eigenvalue weighted by Gasteiger charge is 2.29. The van der Waals surface area contributed by atoms with E-state index >= 15 is 0 Å². The highest BCUT2D eigenvalue weighted by Crippen LogP contribution is 2.27. The molecule has 1 aromatic carbocycles. The van der Waals surface area contributed by atoms with E-state index < -0.39 is 0 Å². The van der Waals surface area contributed by atoms with Crippen LogP contribution in [0.15, 0.2) is 45.8 Å². The zero-order valence-electron chi connectivity index (χ0n) is 15.7. The fourth-order valence-corrected chi connectivity index (χ4v) is 4.14. The van der Waals surface area contributed by atoms with Gasteiger partial charge in [-0.1, -0.05) is 18.9 Å². The number of hydrogen-bond donors (Lipinski definition) is 1. The van der Waals surface area contributed by atoms with Crippen molar-refractivity contribution >= 4 is 16.8 Å². The van der Waals surface area contributed by atoms with Gasteiger partial charge in [-0.3, -0.25) is 9.59 Å². The molecule has 2 aromatic heterocycles. The second kappa shape index (κ2) is 7.06. The molecule has 0 bridgehead atoms. The largest absolute Gasteiger partial charge is 0.459 e. The molecule has 0 saturated heterocycles. The van der Waals surface area contributed by atoms with E-state index in [9.17, 15) is 9.59 Å². The van der Waals surface area contributed by atoms with Crippen LogP contribution in [0.4, 0.5) is 0 Å². The Kier molecular flexibility index (Phi) is 4.60. The number of aromatic amines is 1. The van der Waals surface area contributed by atoms with Crippen LogP contribution in [0.5, 0.6) is 0 Å². The summed E-state index contributed by atoms with van der Waals surface area (Å²) in [6.07, 6.45) is 5.67. The van der Waals surface area contributed by atoms with Crippen molar-refractivity contribution < 1.29 is 9.21 Å². The summed E-state index contributed by atoms with van der Waals surface area (Å²) in [7, 11) is 0. The van der Waals surface area contributed by atoms with Crippen molar-refractivity contribution in [1.82, 2.24) is 9.88 Å². The minimum atomic E-state index is -0.146. The number of rotatable bonds is 4. The summed E-state index contributed by atoms with van der Waals surface area (Å²) in [6.45, 7) is 4.35. The van der Waals surface area contributed by atoms with Crippen LogP contribution in [-0.2, 0) is 6.54 Å². The quantitative estimate of drug-likeness (QED) is 0.749. The van der Waals surface area contributed by atoms with E-state index in [1.165, 1.54) is 6.26 Å². The molecule has 0 spiro atoms. The van der Waals surface area contributed by atoms with Crippen LogP contribution in [0, 0.1) is 13.8 Å². The number of carbonyl (C=O) groups is 1. The van der Waals surface area contributed by atoms with Crippen molar-refractivity contribution in [3.05, 3.63) is 69.4 Å². The zero-order chi connectivity index (χ0) is 19.0. The number of furan rings is 1. The SMILES string of the molecule is Cc1cc(C)c2cc(CN(C(=O)c3ccco3)C3CCCC3)c(=O)[nH]c2c1. The fraction of sp³-hybridized carbons (Fsp3) is 0.364. The number of carbonyl (C=O) groups excluding carboxylic acids is 1. The highest BCUT2D eigenvalue weighted by molar-refractivity contribution is 5.91. The number of amides is 1. The number of fused-ring (bicyclic) bond motifs is 1. The Morgan fingerprint density at radius 2 is 2.00 bits per heavy atom. The molecule has 3 aromatic rings. The van der Waals surface area contributed by atoms with Crippen LogP contribution < -0.4 is 5.56 Å². The molecule has 1 fully saturated rings. The molecule has 1 aliphatic rings. The second-order valence-electron chi connectivity index (χ2n) is 7.52. The molecule has 0 atom stereocenters. The van der Waals surface area contributed by atoms with Crippen molar-refractivity contribution in [3.8, 4) is 0 Å². The van der Waals surface area contributed by atoms with Gasteiger partial charge in [0.15, 0.2) is 5.76 Å². The van der Waals surface area contributed by atoms with Crippen molar-refractivity contribution in [2.75, 3.05) is 0 Å². The highest BCUT2D eigenvalue weighted by atomic mass is 16.3. The average Bonchev–Trinajstić information content (AvgIpc) is 3.33. The predicted octanol–water partition coefficient (Wildman–Crippen LogP) is 4.32. The summed E-state index contributed by atoms with van der Waals surface area (Å²) in [5.74, 6) is 0.179. The van der Waals surface area contributed by atoms with Crippen LogP contribution in [0.3, 0.4) is 0 Å². The van der Waals surface area contributed by atoms with E-state index in [4.69, 9.17) is 4.42 Å². The van der Waals surface area contributed by atoms with E-state index in [1.807, 2.05) is 30.9 Å². The number of aryl methyl sites for hydroxylation is 2. The van der Waals surface area contributed by atoms with Crippen molar-refractivity contribution in [2.45, 2.75) is 52.1 Å². The summed E-state index contributed by atoms with van der Waals surface area (Å²) in [6, 6.07) is 9.57. The second-order valence-corrected chi connectivity index (χ2v) is 7.52. The molecule has 1 N–H and O–H groups in total. The first-order valence-electron chi connectivity index (χ1n) is 9.50. The van der Waals surface area contributed by atoms with Crippen molar-refractivity contribution in [2.24, 2.45) is 0 Å². The van der Waals surface area contributed by atoms with Gasteiger partial charge in [-0.05, 0) is 62.1 Å². The van der Waals surface area contributed by atoms with Gasteiger partial charge in [0, 0.05) is 22.5 Å². The third kappa shape index (κ3) is 3.42. The molecule has 2 heterocycles. The van der Waals surface area contributed by atoms with Crippen molar-refractivity contribution in [3.63, 3.8) is 0 Å². The maximum absolute atomic E-state index is 13.0. The zero-order valence-corrected chi connectivity index (χ0v) is 15.7. The van der Waals surface area contributed by atoms with Gasteiger partial charge in [0.05, 0.1) is 12.8 Å². The molecule has 0 radical (unpaired) electrons. The van der Waals surface area contributed by atoms with E-state index in [2.05, 4.69) is 11.1 Å².